The molecule has 3 fully saturated rings. The molecule has 166 valence electrons. The number of ether oxygens (including phenoxy) is 1. The molecular formula is C24H35NO5. The number of hydrogen-bond donors (Lipinski definition) is 1. The van der Waals surface area contributed by atoms with Crippen molar-refractivity contribution in [2.75, 3.05) is 6.61 Å². The molecule has 4 unspecified atom stereocenters. The van der Waals surface area contributed by atoms with Crippen LogP contribution in [0.3, 0.4) is 0 Å². The van der Waals surface area contributed by atoms with Crippen LogP contribution in [-0.4, -0.2) is 35.5 Å². The Morgan fingerprint density at radius 1 is 1.13 bits per heavy atom. The second-order valence-electron chi connectivity index (χ2n) is 10.2. The first-order valence-corrected chi connectivity index (χ1v) is 11.6. The third-order valence-corrected chi connectivity index (χ3v) is 8.82. The molecular weight excluding hydrogens is 382 g/mol. The van der Waals surface area contributed by atoms with Gasteiger partial charge >= 0.3 is 11.9 Å². The van der Waals surface area contributed by atoms with E-state index in [4.69, 9.17) is 14.7 Å². The maximum absolute atomic E-state index is 12.0. The van der Waals surface area contributed by atoms with E-state index in [0.717, 1.165) is 37.8 Å². The van der Waals surface area contributed by atoms with Crippen molar-refractivity contribution in [3.63, 3.8) is 0 Å². The lowest BCUT2D eigenvalue weighted by Crippen LogP contribution is -2.51. The summed E-state index contributed by atoms with van der Waals surface area (Å²) < 4.78 is 5.89. The molecule has 0 aromatic carbocycles. The number of carbonyl (C=O) groups is 2. The number of esters is 1. The standard InChI is InChI=1S/C24H35NO5/c1-4-22(28)30-20-8-7-18-17-6-5-15-13-16(25-29-14-21(26)27)9-11-23(15,2)19(17)10-12-24(18,20)3/h13,17-20H,4-12,14H2,1-3H3,(H,26,27)/b25-16-/t17?,18?,19?,20?,23-,24-/m0/s1. The maximum atomic E-state index is 12.0. The van der Waals surface area contributed by atoms with Gasteiger partial charge in [0.15, 0.2) is 0 Å². The number of carbonyl (C=O) groups excluding carboxylic acids is 1. The van der Waals surface area contributed by atoms with Crippen molar-refractivity contribution in [1.29, 1.82) is 0 Å². The fraction of sp³-hybridized carbons (Fsp3) is 0.792. The van der Waals surface area contributed by atoms with Crippen molar-refractivity contribution in [2.45, 2.75) is 84.7 Å². The molecule has 0 spiro atoms. The van der Waals surface area contributed by atoms with Crippen molar-refractivity contribution in [1.82, 2.24) is 0 Å². The van der Waals surface area contributed by atoms with Gasteiger partial charge in [-0.3, -0.25) is 4.79 Å². The number of hydrogen-bond acceptors (Lipinski definition) is 5. The van der Waals surface area contributed by atoms with E-state index >= 15 is 0 Å². The minimum atomic E-state index is -1.00. The van der Waals surface area contributed by atoms with Gasteiger partial charge in [0, 0.05) is 11.8 Å². The second kappa shape index (κ2) is 8.01. The lowest BCUT2D eigenvalue weighted by atomic mass is 9.47. The Morgan fingerprint density at radius 2 is 1.93 bits per heavy atom. The maximum Gasteiger partial charge on any atom is 0.344 e. The average Bonchev–Trinajstić information content (AvgIpc) is 3.04. The number of fused-ring (bicyclic) bond motifs is 5. The van der Waals surface area contributed by atoms with Crippen LogP contribution in [0, 0.1) is 28.6 Å². The first-order valence-electron chi connectivity index (χ1n) is 11.6. The summed E-state index contributed by atoms with van der Waals surface area (Å²) in [6.45, 7) is 6.28. The summed E-state index contributed by atoms with van der Waals surface area (Å²) in [5.41, 5.74) is 2.64. The molecule has 0 amide bonds. The summed E-state index contributed by atoms with van der Waals surface area (Å²) in [6.07, 6.45) is 11.3. The molecule has 4 aliphatic rings. The Morgan fingerprint density at radius 3 is 2.67 bits per heavy atom. The van der Waals surface area contributed by atoms with Gasteiger partial charge < -0.3 is 14.7 Å². The highest BCUT2D eigenvalue weighted by Gasteiger charge is 2.59. The van der Waals surface area contributed by atoms with Crippen molar-refractivity contribution in [3.05, 3.63) is 11.6 Å². The van der Waals surface area contributed by atoms with Gasteiger partial charge in [-0.1, -0.05) is 31.5 Å². The molecule has 0 aromatic heterocycles. The van der Waals surface area contributed by atoms with E-state index in [1.165, 1.54) is 24.8 Å². The summed E-state index contributed by atoms with van der Waals surface area (Å²) in [4.78, 5) is 27.6. The summed E-state index contributed by atoms with van der Waals surface area (Å²) in [7, 11) is 0. The van der Waals surface area contributed by atoms with Crippen LogP contribution in [0.1, 0.15) is 78.6 Å². The van der Waals surface area contributed by atoms with Crippen LogP contribution in [0.25, 0.3) is 0 Å². The van der Waals surface area contributed by atoms with E-state index in [1.54, 1.807) is 0 Å². The van der Waals surface area contributed by atoms with E-state index in [-0.39, 0.29) is 22.9 Å². The highest BCUT2D eigenvalue weighted by Crippen LogP contribution is 2.65. The molecule has 6 heteroatoms. The SMILES string of the molecule is CCC(=O)OC1CCC2C3CCC4=C/C(=N\OCC(=O)O)CC[C@]4(C)C3CC[C@]12C. The zero-order chi connectivity index (χ0) is 21.5. The third-order valence-electron chi connectivity index (χ3n) is 8.82. The monoisotopic (exact) mass is 417 g/mol. The van der Waals surface area contributed by atoms with Gasteiger partial charge in [0.1, 0.15) is 6.10 Å². The van der Waals surface area contributed by atoms with Crippen LogP contribution in [-0.2, 0) is 19.2 Å². The molecule has 6 nitrogen and oxygen atoms in total. The predicted octanol–water partition coefficient (Wildman–Crippen LogP) is 4.73. The predicted molar refractivity (Wildman–Crippen MR) is 113 cm³/mol. The van der Waals surface area contributed by atoms with Gasteiger partial charge in [0.05, 0.1) is 5.71 Å². The Labute approximate surface area is 179 Å². The molecule has 0 aromatic rings. The molecule has 6 atom stereocenters. The van der Waals surface area contributed by atoms with Crippen LogP contribution in [0.15, 0.2) is 16.8 Å². The van der Waals surface area contributed by atoms with Crippen LogP contribution < -0.4 is 0 Å². The van der Waals surface area contributed by atoms with Crippen molar-refractivity contribution in [3.8, 4) is 0 Å². The number of allylic oxidation sites excluding steroid dienone is 2. The summed E-state index contributed by atoms with van der Waals surface area (Å²) in [5, 5.41) is 12.8. The fourth-order valence-corrected chi connectivity index (χ4v) is 7.20. The van der Waals surface area contributed by atoms with E-state index in [0.29, 0.717) is 24.2 Å². The van der Waals surface area contributed by atoms with Gasteiger partial charge in [0.2, 0.25) is 6.61 Å². The lowest BCUT2D eigenvalue weighted by molar-refractivity contribution is -0.159. The van der Waals surface area contributed by atoms with E-state index in [2.05, 4.69) is 25.1 Å². The number of carboxylic acids is 1. The summed E-state index contributed by atoms with van der Waals surface area (Å²) in [6, 6.07) is 0. The van der Waals surface area contributed by atoms with Crippen LogP contribution in [0.2, 0.25) is 0 Å². The van der Waals surface area contributed by atoms with Gasteiger partial charge in [0.25, 0.3) is 0 Å². The fourth-order valence-electron chi connectivity index (χ4n) is 7.20. The minimum Gasteiger partial charge on any atom is -0.479 e. The van der Waals surface area contributed by atoms with Crippen molar-refractivity contribution >= 4 is 17.7 Å². The quantitative estimate of drug-likeness (QED) is 0.516. The zero-order valence-electron chi connectivity index (χ0n) is 18.5. The number of oxime groups is 1. The van der Waals surface area contributed by atoms with Crippen LogP contribution >= 0.6 is 0 Å². The first-order chi connectivity index (χ1) is 14.3. The molecule has 1 N–H and O–H groups in total. The van der Waals surface area contributed by atoms with Gasteiger partial charge in [-0.25, -0.2) is 4.79 Å². The van der Waals surface area contributed by atoms with Crippen LogP contribution in [0.5, 0.6) is 0 Å². The number of aliphatic carboxylic acids is 1. The highest BCUT2D eigenvalue weighted by atomic mass is 16.6. The molecule has 0 aliphatic heterocycles. The van der Waals surface area contributed by atoms with Gasteiger partial charge in [-0.15, -0.1) is 0 Å². The van der Waals surface area contributed by atoms with Crippen molar-refractivity contribution < 1.29 is 24.3 Å². The second-order valence-corrected chi connectivity index (χ2v) is 10.2. The molecule has 0 bridgehead atoms. The average molecular weight is 418 g/mol. The smallest absolute Gasteiger partial charge is 0.344 e. The normalized spacial score (nSPS) is 41.3. The Kier molecular flexibility index (Phi) is 5.71. The highest BCUT2D eigenvalue weighted by molar-refractivity contribution is 5.96. The third kappa shape index (κ3) is 3.56. The molecule has 0 saturated heterocycles. The van der Waals surface area contributed by atoms with E-state index in [9.17, 15) is 9.59 Å². The van der Waals surface area contributed by atoms with Crippen LogP contribution in [0.4, 0.5) is 0 Å². The number of nitrogens with zero attached hydrogens (tertiary/aromatic N) is 1. The number of rotatable bonds is 5. The van der Waals surface area contributed by atoms with E-state index < -0.39 is 12.6 Å². The molecule has 30 heavy (non-hydrogen) atoms. The Bertz CT molecular complexity index is 774. The molecule has 4 rings (SSSR count). The Balaban J connectivity index is 1.51. The lowest BCUT2D eigenvalue weighted by Gasteiger charge is -2.58. The Hall–Kier alpha value is -1.85. The summed E-state index contributed by atoms with van der Waals surface area (Å²) in [5.74, 6) is 0.931. The molecule has 3 saturated carbocycles. The van der Waals surface area contributed by atoms with Gasteiger partial charge in [-0.05, 0) is 80.6 Å². The van der Waals surface area contributed by atoms with E-state index in [1.807, 2.05) is 6.92 Å². The first kappa shape index (κ1) is 21.4. The minimum absolute atomic E-state index is 0.0611. The summed E-state index contributed by atoms with van der Waals surface area (Å²) >= 11 is 0. The topological polar surface area (TPSA) is 85.2 Å². The largest absolute Gasteiger partial charge is 0.479 e. The molecule has 4 aliphatic carbocycles. The van der Waals surface area contributed by atoms with Gasteiger partial charge in [-0.2, -0.15) is 0 Å². The molecule has 0 radical (unpaired) electrons. The van der Waals surface area contributed by atoms with Crippen molar-refractivity contribution in [2.24, 2.45) is 33.7 Å². The number of carboxylic acid groups (broad SMARTS) is 1. The zero-order valence-corrected chi connectivity index (χ0v) is 18.5. The molecule has 0 heterocycles.